The summed E-state index contributed by atoms with van der Waals surface area (Å²) in [6.45, 7) is 3.19. The van der Waals surface area contributed by atoms with E-state index >= 15 is 0 Å². The standard InChI is InChI=1S/C7H6FNO/c1-5(10)6-3-2-4-7(8)9-6/h2-4,10H,1H2. The summed E-state index contributed by atoms with van der Waals surface area (Å²) in [5.74, 6) is -0.841. The summed E-state index contributed by atoms with van der Waals surface area (Å²) in [7, 11) is 0. The quantitative estimate of drug-likeness (QED) is 0.475. The summed E-state index contributed by atoms with van der Waals surface area (Å²) in [4.78, 5) is 3.36. The average molecular weight is 139 g/mol. The fourth-order valence-corrected chi connectivity index (χ4v) is 0.569. The van der Waals surface area contributed by atoms with Gasteiger partial charge in [-0.05, 0) is 12.1 Å². The SMILES string of the molecule is C=C(O)c1cccc(F)n1. The van der Waals surface area contributed by atoms with Crippen LogP contribution in [0.2, 0.25) is 0 Å². The highest BCUT2D eigenvalue weighted by atomic mass is 19.1. The van der Waals surface area contributed by atoms with Crippen LogP contribution >= 0.6 is 0 Å². The van der Waals surface area contributed by atoms with Gasteiger partial charge in [0.1, 0.15) is 11.5 Å². The minimum Gasteiger partial charge on any atom is -0.506 e. The van der Waals surface area contributed by atoms with Gasteiger partial charge in [-0.15, -0.1) is 0 Å². The van der Waals surface area contributed by atoms with Crippen LogP contribution in [0.25, 0.3) is 5.76 Å². The monoisotopic (exact) mass is 139 g/mol. The minimum atomic E-state index is -0.618. The van der Waals surface area contributed by atoms with Gasteiger partial charge in [-0.1, -0.05) is 12.6 Å². The maximum absolute atomic E-state index is 12.3. The molecule has 0 amide bonds. The van der Waals surface area contributed by atoms with Crippen molar-refractivity contribution < 1.29 is 9.50 Å². The number of rotatable bonds is 1. The van der Waals surface area contributed by atoms with E-state index in [0.717, 1.165) is 0 Å². The van der Waals surface area contributed by atoms with E-state index in [1.165, 1.54) is 18.2 Å². The molecule has 1 aromatic heterocycles. The molecule has 0 radical (unpaired) electrons. The molecular weight excluding hydrogens is 133 g/mol. The number of hydrogen-bond acceptors (Lipinski definition) is 2. The van der Waals surface area contributed by atoms with Crippen molar-refractivity contribution >= 4 is 5.76 Å². The number of aliphatic hydroxyl groups excluding tert-OH is 1. The lowest BCUT2D eigenvalue weighted by Gasteiger charge is -1.94. The average Bonchev–Trinajstić information content (AvgIpc) is 1.88. The van der Waals surface area contributed by atoms with Gasteiger partial charge in [-0.25, -0.2) is 4.98 Å². The van der Waals surface area contributed by atoms with Crippen LogP contribution in [-0.4, -0.2) is 10.1 Å². The molecule has 1 aromatic rings. The third-order valence-electron chi connectivity index (χ3n) is 1.01. The zero-order valence-corrected chi connectivity index (χ0v) is 5.21. The zero-order valence-electron chi connectivity index (χ0n) is 5.21. The second-order valence-electron chi connectivity index (χ2n) is 1.79. The van der Waals surface area contributed by atoms with Gasteiger partial charge < -0.3 is 5.11 Å². The Balaban J connectivity index is 3.07. The van der Waals surface area contributed by atoms with Crippen molar-refractivity contribution in [2.75, 3.05) is 0 Å². The van der Waals surface area contributed by atoms with Crippen molar-refractivity contribution in [3.63, 3.8) is 0 Å². The first-order valence-corrected chi connectivity index (χ1v) is 2.71. The topological polar surface area (TPSA) is 33.1 Å². The van der Waals surface area contributed by atoms with E-state index < -0.39 is 5.95 Å². The van der Waals surface area contributed by atoms with E-state index in [1.54, 1.807) is 0 Å². The third-order valence-corrected chi connectivity index (χ3v) is 1.01. The Morgan fingerprint density at radius 2 is 2.30 bits per heavy atom. The Bertz CT molecular complexity index is 260. The third kappa shape index (κ3) is 1.31. The Kier molecular flexibility index (Phi) is 1.67. The number of aromatic nitrogens is 1. The number of halogens is 1. The van der Waals surface area contributed by atoms with E-state index in [9.17, 15) is 4.39 Å². The molecule has 0 aliphatic rings. The lowest BCUT2D eigenvalue weighted by atomic mass is 10.3. The highest BCUT2D eigenvalue weighted by Gasteiger charge is 1.97. The van der Waals surface area contributed by atoms with E-state index in [0.29, 0.717) is 0 Å². The Morgan fingerprint density at radius 1 is 1.60 bits per heavy atom. The summed E-state index contributed by atoms with van der Waals surface area (Å²) < 4.78 is 12.3. The van der Waals surface area contributed by atoms with Crippen LogP contribution in [0.1, 0.15) is 5.69 Å². The molecule has 0 saturated carbocycles. The molecule has 0 aromatic carbocycles. The summed E-state index contributed by atoms with van der Waals surface area (Å²) >= 11 is 0. The molecule has 0 saturated heterocycles. The molecule has 0 aliphatic heterocycles. The number of aliphatic hydroxyl groups is 1. The summed E-state index contributed by atoms with van der Waals surface area (Å²) in [6.07, 6.45) is 0. The van der Waals surface area contributed by atoms with E-state index in [1.807, 2.05) is 0 Å². The van der Waals surface area contributed by atoms with Gasteiger partial charge in [-0.3, -0.25) is 0 Å². The van der Waals surface area contributed by atoms with Crippen LogP contribution in [0.15, 0.2) is 24.8 Å². The van der Waals surface area contributed by atoms with Crippen LogP contribution in [0, 0.1) is 5.95 Å². The molecule has 0 fully saturated rings. The molecule has 0 aliphatic carbocycles. The van der Waals surface area contributed by atoms with Crippen molar-refractivity contribution in [1.29, 1.82) is 0 Å². The van der Waals surface area contributed by atoms with Gasteiger partial charge in [0.15, 0.2) is 0 Å². The highest BCUT2D eigenvalue weighted by molar-refractivity contribution is 5.50. The highest BCUT2D eigenvalue weighted by Crippen LogP contribution is 2.04. The smallest absolute Gasteiger partial charge is 0.213 e. The Labute approximate surface area is 57.7 Å². The van der Waals surface area contributed by atoms with Crippen LogP contribution in [0.4, 0.5) is 4.39 Å². The van der Waals surface area contributed by atoms with Gasteiger partial charge in [0, 0.05) is 0 Å². The lowest BCUT2D eigenvalue weighted by molar-refractivity contribution is 0.504. The van der Waals surface area contributed by atoms with Crippen molar-refractivity contribution in [2.45, 2.75) is 0 Å². The molecule has 0 unspecified atom stereocenters. The number of hydrogen-bond donors (Lipinski definition) is 1. The van der Waals surface area contributed by atoms with E-state index in [2.05, 4.69) is 11.6 Å². The molecule has 0 atom stereocenters. The molecule has 0 spiro atoms. The molecule has 1 rings (SSSR count). The maximum Gasteiger partial charge on any atom is 0.213 e. The van der Waals surface area contributed by atoms with Gasteiger partial charge in [-0.2, -0.15) is 4.39 Å². The predicted octanol–water partition coefficient (Wildman–Crippen LogP) is 1.75. The van der Waals surface area contributed by atoms with E-state index in [4.69, 9.17) is 5.11 Å². The molecule has 1 heterocycles. The van der Waals surface area contributed by atoms with Crippen molar-refractivity contribution in [1.82, 2.24) is 4.98 Å². The second kappa shape index (κ2) is 2.47. The lowest BCUT2D eigenvalue weighted by Crippen LogP contribution is -1.88. The summed E-state index contributed by atoms with van der Waals surface area (Å²) in [5, 5.41) is 8.72. The van der Waals surface area contributed by atoms with E-state index in [-0.39, 0.29) is 11.5 Å². The van der Waals surface area contributed by atoms with Crippen LogP contribution in [0.5, 0.6) is 0 Å². The van der Waals surface area contributed by atoms with Crippen molar-refractivity contribution in [3.05, 3.63) is 36.4 Å². The summed E-state index contributed by atoms with van der Waals surface area (Å²) in [5.41, 5.74) is 0.167. The fourth-order valence-electron chi connectivity index (χ4n) is 0.569. The molecule has 0 bridgehead atoms. The first-order chi connectivity index (χ1) is 4.70. The van der Waals surface area contributed by atoms with Crippen LogP contribution < -0.4 is 0 Å². The Hall–Kier alpha value is -1.38. The number of pyridine rings is 1. The second-order valence-corrected chi connectivity index (χ2v) is 1.79. The largest absolute Gasteiger partial charge is 0.506 e. The fraction of sp³-hybridized carbons (Fsp3) is 0. The molecule has 10 heavy (non-hydrogen) atoms. The number of nitrogens with zero attached hydrogens (tertiary/aromatic N) is 1. The zero-order chi connectivity index (χ0) is 7.56. The predicted molar refractivity (Wildman–Crippen MR) is 35.9 cm³/mol. The summed E-state index contributed by atoms with van der Waals surface area (Å²) in [6, 6.07) is 4.14. The molecule has 3 heteroatoms. The molecule has 2 nitrogen and oxygen atoms in total. The van der Waals surface area contributed by atoms with Gasteiger partial charge in [0.2, 0.25) is 5.95 Å². The first-order valence-electron chi connectivity index (χ1n) is 2.71. The van der Waals surface area contributed by atoms with Crippen LogP contribution in [-0.2, 0) is 0 Å². The van der Waals surface area contributed by atoms with Gasteiger partial charge in [0.05, 0.1) is 0 Å². The Morgan fingerprint density at radius 3 is 2.70 bits per heavy atom. The molecule has 52 valence electrons. The maximum atomic E-state index is 12.3. The molecule has 1 N–H and O–H groups in total. The van der Waals surface area contributed by atoms with Gasteiger partial charge in [0.25, 0.3) is 0 Å². The minimum absolute atomic E-state index is 0.167. The normalized spacial score (nSPS) is 9.30. The van der Waals surface area contributed by atoms with Crippen molar-refractivity contribution in [2.24, 2.45) is 0 Å². The van der Waals surface area contributed by atoms with Crippen LogP contribution in [0.3, 0.4) is 0 Å². The van der Waals surface area contributed by atoms with Crippen molar-refractivity contribution in [3.8, 4) is 0 Å². The molecular formula is C7H6FNO. The first kappa shape index (κ1) is 6.74. The van der Waals surface area contributed by atoms with Gasteiger partial charge >= 0.3 is 0 Å².